The summed E-state index contributed by atoms with van der Waals surface area (Å²) >= 11 is 0. The Morgan fingerprint density at radius 3 is 1.24 bits per heavy atom. The number of aliphatic hydroxyl groups is 2. The summed E-state index contributed by atoms with van der Waals surface area (Å²) in [6.45, 7) is 4.46. The van der Waals surface area contributed by atoms with Gasteiger partial charge in [0.15, 0.2) is 59.5 Å². The Bertz CT molecular complexity index is 4090. The van der Waals surface area contributed by atoms with Gasteiger partial charge < -0.3 is 43.4 Å². The molecule has 9 rings (SSSR count). The third-order valence-corrected chi connectivity index (χ3v) is 18.1. The van der Waals surface area contributed by atoms with E-state index in [1.165, 1.54) is 79.7 Å². The molecule has 2 N–H and O–H groups in total. The van der Waals surface area contributed by atoms with Gasteiger partial charge in [0, 0.05) is 84.9 Å². The van der Waals surface area contributed by atoms with E-state index >= 15 is 19.2 Å². The van der Waals surface area contributed by atoms with E-state index in [4.69, 9.17) is 33.2 Å². The number of benzene rings is 8. The number of methoxy groups -OCH3 is 1. The van der Waals surface area contributed by atoms with Gasteiger partial charge in [0.1, 0.15) is 12.2 Å². The molecule has 0 radical (unpaired) electrons. The smallest absolute Gasteiger partial charge is 0.338 e. The molecule has 0 saturated carbocycles. The van der Waals surface area contributed by atoms with Crippen LogP contribution in [-0.2, 0) is 42.7 Å². The van der Waals surface area contributed by atoms with E-state index in [2.05, 4.69) is 0 Å². The molecule has 0 aromatic heterocycles. The number of aliphatic hydroxyl groups excluding tert-OH is 2. The lowest BCUT2D eigenvalue weighted by Crippen LogP contribution is -2.59. The maximum Gasteiger partial charge on any atom is 0.338 e. The van der Waals surface area contributed by atoms with Crippen molar-refractivity contribution in [1.29, 1.82) is 0 Å². The Labute approximate surface area is 585 Å². The van der Waals surface area contributed by atoms with Gasteiger partial charge in [-0.05, 0) is 36.6 Å². The Kier molecular flexibility index (Phi) is 26.6. The quantitative estimate of drug-likeness (QED) is 0.0164. The van der Waals surface area contributed by atoms with Crippen LogP contribution in [0.2, 0.25) is 0 Å². The topological polar surface area (TPSA) is 276 Å². The molecule has 522 valence electrons. The molecule has 15 unspecified atom stereocenters. The van der Waals surface area contributed by atoms with E-state index < -0.39 is 163 Å². The van der Waals surface area contributed by atoms with Crippen molar-refractivity contribution in [3.63, 3.8) is 0 Å². The molecular formula is C82H80O19. The van der Waals surface area contributed by atoms with Crippen molar-refractivity contribution in [3.05, 3.63) is 287 Å². The highest BCUT2D eigenvalue weighted by molar-refractivity contribution is 6.08. The van der Waals surface area contributed by atoms with Crippen molar-refractivity contribution >= 4 is 58.6 Å². The van der Waals surface area contributed by atoms with Gasteiger partial charge in [0.25, 0.3) is 0 Å². The summed E-state index contributed by atoms with van der Waals surface area (Å²) in [5.74, 6) is -18.2. The van der Waals surface area contributed by atoms with Gasteiger partial charge in [-0.25, -0.2) is 9.59 Å². The maximum absolute atomic E-state index is 15.8. The van der Waals surface area contributed by atoms with Gasteiger partial charge in [-0.2, -0.15) is 0 Å². The molecule has 1 saturated heterocycles. The van der Waals surface area contributed by atoms with Crippen molar-refractivity contribution in [2.24, 2.45) is 41.4 Å². The van der Waals surface area contributed by atoms with Crippen molar-refractivity contribution in [1.82, 2.24) is 0 Å². The normalized spacial score (nSPS) is 18.7. The summed E-state index contributed by atoms with van der Waals surface area (Å²) in [5.41, 5.74) is 0.885. The summed E-state index contributed by atoms with van der Waals surface area (Å²) in [5, 5.41) is 25.0. The first-order chi connectivity index (χ1) is 48.7. The molecule has 19 nitrogen and oxygen atoms in total. The molecule has 1 aliphatic heterocycles. The minimum absolute atomic E-state index is 0.0158. The standard InChI is InChI=1S/C82H80O19/c1-50(46-63(85)54-30-14-6-15-31-54)67(71(87)56-34-18-8-19-35-56)69(73(89)58-38-22-10-23-39-58)78(101-80(92)61-44-28-13-29-45-61)82(94)96-49-51(2)75(97-52(3)83)62(76(81(93)95-5)98-53(4)84)47-66-77(100-79(91)60-42-26-12-27-43-60)70(74(90)59-40-24-11-25-41-59)68(72(88)57-36-20-9-21-37-57)65(99-66)48-64(86)55-32-16-7-17-33-55/h6-45,50-51,62,65-70,75-78,81-82,93-94H,46-49H2,1-5H3. The number of Topliss-reactive ketones (excluding diaryl/α,β-unsaturated/α-hetero) is 6. The van der Waals surface area contributed by atoms with Gasteiger partial charge in [-0.3, -0.25) is 38.4 Å². The van der Waals surface area contributed by atoms with E-state index in [1.54, 1.807) is 177 Å². The van der Waals surface area contributed by atoms with Crippen LogP contribution >= 0.6 is 0 Å². The number of hydrogen-bond donors (Lipinski definition) is 2. The van der Waals surface area contributed by atoms with Gasteiger partial charge in [0.05, 0.1) is 47.7 Å². The lowest BCUT2D eigenvalue weighted by molar-refractivity contribution is -0.223. The zero-order chi connectivity index (χ0) is 72.1. The molecule has 101 heavy (non-hydrogen) atoms. The van der Waals surface area contributed by atoms with E-state index in [0.717, 1.165) is 21.0 Å². The monoisotopic (exact) mass is 1370 g/mol. The fourth-order valence-electron chi connectivity index (χ4n) is 13.3. The molecule has 1 fully saturated rings. The van der Waals surface area contributed by atoms with Crippen LogP contribution < -0.4 is 0 Å². The molecule has 0 amide bonds. The van der Waals surface area contributed by atoms with Gasteiger partial charge in [0.2, 0.25) is 0 Å². The predicted molar refractivity (Wildman–Crippen MR) is 370 cm³/mol. The predicted octanol–water partition coefficient (Wildman–Crippen LogP) is 12.2. The average molecular weight is 1370 g/mol. The molecule has 8 aromatic rings. The largest absolute Gasteiger partial charge is 0.462 e. The first-order valence-corrected chi connectivity index (χ1v) is 33.3. The Morgan fingerprint density at radius 2 is 0.792 bits per heavy atom. The van der Waals surface area contributed by atoms with Crippen LogP contribution in [0.5, 0.6) is 0 Å². The second-order valence-electron chi connectivity index (χ2n) is 25.0. The van der Waals surface area contributed by atoms with Crippen molar-refractivity contribution < 1.29 is 91.3 Å². The minimum atomic E-state index is -2.37. The van der Waals surface area contributed by atoms with Crippen molar-refractivity contribution in [2.75, 3.05) is 13.7 Å². The fraction of sp³-hybridized carbons (Fsp3) is 0.293. The fourth-order valence-corrected chi connectivity index (χ4v) is 13.3. The summed E-state index contributed by atoms with van der Waals surface area (Å²) in [4.78, 5) is 148. The number of rotatable bonds is 34. The molecular weight excluding hydrogens is 1290 g/mol. The van der Waals surface area contributed by atoms with Gasteiger partial charge in [-0.1, -0.05) is 232 Å². The van der Waals surface area contributed by atoms with Crippen LogP contribution in [0.3, 0.4) is 0 Å². The summed E-state index contributed by atoms with van der Waals surface area (Å²) in [6.07, 6.45) is -16.6. The number of ether oxygens (including phenoxy) is 7. The van der Waals surface area contributed by atoms with Crippen LogP contribution in [0.1, 0.15) is 130 Å². The Hall–Kier alpha value is -10.5. The van der Waals surface area contributed by atoms with Crippen LogP contribution in [0.15, 0.2) is 243 Å². The number of esters is 4. The Morgan fingerprint density at radius 1 is 0.406 bits per heavy atom. The third kappa shape index (κ3) is 19.3. The lowest BCUT2D eigenvalue weighted by atomic mass is 9.69. The SMILES string of the molecule is COC(O)C(OC(C)=O)C(CC1OC(CC(=O)c2ccccc2)C(C(=O)c2ccccc2)C(C(=O)c2ccccc2)C1OC(=O)c1ccccc1)C(OC(C)=O)C(C)COC(O)C(OC(=O)c1ccccc1)C(C(=O)c1ccccc1)C(C(=O)c1ccccc1)C(C)CC(=O)c1ccccc1. The second kappa shape index (κ2) is 36.0. The lowest BCUT2D eigenvalue weighted by Gasteiger charge is -2.47. The number of hydrogen-bond acceptors (Lipinski definition) is 19. The summed E-state index contributed by atoms with van der Waals surface area (Å²) < 4.78 is 44.0. The van der Waals surface area contributed by atoms with Gasteiger partial charge in [-0.15, -0.1) is 0 Å². The van der Waals surface area contributed by atoms with Crippen molar-refractivity contribution in [2.45, 2.75) is 96.2 Å². The van der Waals surface area contributed by atoms with Crippen LogP contribution in [0.25, 0.3) is 0 Å². The second-order valence-corrected chi connectivity index (χ2v) is 25.0. The number of carbonyl (C=O) groups excluding carboxylic acids is 10. The van der Waals surface area contributed by atoms with E-state index in [-0.39, 0.29) is 51.1 Å². The van der Waals surface area contributed by atoms with E-state index in [9.17, 15) is 39.0 Å². The van der Waals surface area contributed by atoms with Crippen molar-refractivity contribution in [3.8, 4) is 0 Å². The first-order valence-electron chi connectivity index (χ1n) is 33.3. The van der Waals surface area contributed by atoms with E-state index in [1.807, 2.05) is 0 Å². The third-order valence-electron chi connectivity index (χ3n) is 18.1. The molecule has 8 aromatic carbocycles. The minimum Gasteiger partial charge on any atom is -0.462 e. The highest BCUT2D eigenvalue weighted by Gasteiger charge is 2.57. The first kappa shape index (κ1) is 74.7. The van der Waals surface area contributed by atoms with E-state index in [0.29, 0.717) is 5.56 Å². The molecule has 1 aliphatic rings. The zero-order valence-corrected chi connectivity index (χ0v) is 56.4. The molecule has 15 atom stereocenters. The number of ketones is 6. The maximum atomic E-state index is 15.8. The van der Waals surface area contributed by atoms with Crippen LogP contribution in [0, 0.1) is 41.4 Å². The molecule has 19 heteroatoms. The number of carbonyl (C=O) groups is 10. The average Bonchev–Trinajstić information content (AvgIpc) is 0.755. The Balaban J connectivity index is 1.19. The zero-order valence-electron chi connectivity index (χ0n) is 56.4. The molecule has 1 heterocycles. The highest BCUT2D eigenvalue weighted by atomic mass is 16.7. The van der Waals surface area contributed by atoms with Crippen LogP contribution in [0.4, 0.5) is 0 Å². The molecule has 0 spiro atoms. The van der Waals surface area contributed by atoms with Gasteiger partial charge >= 0.3 is 23.9 Å². The molecule has 0 aliphatic carbocycles. The van der Waals surface area contributed by atoms with Crippen LogP contribution in [-0.4, -0.2) is 132 Å². The molecule has 0 bridgehead atoms. The summed E-state index contributed by atoms with van der Waals surface area (Å²) in [7, 11) is 1.10. The summed E-state index contributed by atoms with van der Waals surface area (Å²) in [6, 6.07) is 63.5. The highest BCUT2D eigenvalue weighted by Crippen LogP contribution is 2.44.